The molecule has 0 amide bonds. The highest BCUT2D eigenvalue weighted by atomic mass is 32.2. The van der Waals surface area contributed by atoms with Gasteiger partial charge in [-0.3, -0.25) is 4.18 Å². The van der Waals surface area contributed by atoms with E-state index in [0.29, 0.717) is 6.42 Å². The van der Waals surface area contributed by atoms with Crippen molar-refractivity contribution in [2.45, 2.75) is 42.5 Å². The van der Waals surface area contributed by atoms with Crippen LogP contribution in [0.1, 0.15) is 13.3 Å². The number of ether oxygens (including phenoxy) is 3. The molecule has 0 N–H and O–H groups in total. The molecule has 116 valence electrons. The maximum atomic E-state index is 12.0. The number of fused-ring (bicyclic) bond motifs is 1. The van der Waals surface area contributed by atoms with Gasteiger partial charge in [0.25, 0.3) is 10.1 Å². The van der Waals surface area contributed by atoms with Gasteiger partial charge in [0.2, 0.25) is 0 Å². The Morgan fingerprint density at radius 1 is 1.48 bits per heavy atom. The predicted octanol–water partition coefficient (Wildman–Crippen LogP) is -0.714. The second-order valence-corrected chi connectivity index (χ2v) is 7.03. The third-order valence-electron chi connectivity index (χ3n) is 4.04. The normalized spacial score (nSPS) is 41.8. The smallest absolute Gasteiger partial charge is 0.344 e. The Bertz CT molecular complexity index is 609. The van der Waals surface area contributed by atoms with Crippen LogP contribution in [-0.4, -0.2) is 56.1 Å². The Balaban J connectivity index is 1.74. The summed E-state index contributed by atoms with van der Waals surface area (Å²) in [5, 5.41) is -1.05. The minimum atomic E-state index is -3.85. The number of hydrogen-bond donors (Lipinski definition) is 0. The molecule has 0 saturated carbocycles. The number of carbonyl (C=O) groups excluding carboxylic acids is 2. The van der Waals surface area contributed by atoms with Crippen LogP contribution < -0.4 is 0 Å². The van der Waals surface area contributed by atoms with Gasteiger partial charge >= 0.3 is 11.9 Å². The summed E-state index contributed by atoms with van der Waals surface area (Å²) in [6.07, 6.45) is -0.413. The van der Waals surface area contributed by atoms with Crippen LogP contribution in [0.25, 0.3) is 0 Å². The average molecular weight is 318 g/mol. The monoisotopic (exact) mass is 318 g/mol. The molecule has 9 heteroatoms. The van der Waals surface area contributed by atoms with Crippen molar-refractivity contribution in [2.75, 3.05) is 6.61 Å². The van der Waals surface area contributed by atoms with Gasteiger partial charge in [0, 0.05) is 12.5 Å². The van der Waals surface area contributed by atoms with Crippen molar-refractivity contribution in [1.82, 2.24) is 0 Å². The minimum absolute atomic E-state index is 0.344. The van der Waals surface area contributed by atoms with Crippen LogP contribution in [0.4, 0.5) is 0 Å². The Morgan fingerprint density at radius 3 is 2.86 bits per heavy atom. The highest BCUT2D eigenvalue weighted by Gasteiger charge is 2.73. The van der Waals surface area contributed by atoms with Crippen LogP contribution in [-0.2, 0) is 38.1 Å². The first kappa shape index (κ1) is 14.5. The summed E-state index contributed by atoms with van der Waals surface area (Å²) in [6, 6.07) is 0. The minimum Gasteiger partial charge on any atom is -0.452 e. The number of carbonyl (C=O) groups is 2. The highest BCUT2D eigenvalue weighted by Crippen LogP contribution is 2.53. The van der Waals surface area contributed by atoms with Crippen LogP contribution >= 0.6 is 0 Å². The van der Waals surface area contributed by atoms with E-state index in [2.05, 4.69) is 11.3 Å². The van der Waals surface area contributed by atoms with E-state index in [1.807, 2.05) is 0 Å². The lowest BCUT2D eigenvalue weighted by atomic mass is 9.84. The lowest BCUT2D eigenvalue weighted by Crippen LogP contribution is -2.53. The molecule has 0 aliphatic carbocycles. The van der Waals surface area contributed by atoms with E-state index in [1.54, 1.807) is 0 Å². The fourth-order valence-corrected chi connectivity index (χ4v) is 5.18. The summed E-state index contributed by atoms with van der Waals surface area (Å²) in [5.41, 5.74) is -1.34. The molecule has 3 fully saturated rings. The van der Waals surface area contributed by atoms with Gasteiger partial charge < -0.3 is 14.2 Å². The topological polar surface area (TPSA) is 105 Å². The molecule has 0 aromatic heterocycles. The molecular weight excluding hydrogens is 304 g/mol. The zero-order valence-corrected chi connectivity index (χ0v) is 12.0. The molecule has 3 heterocycles. The van der Waals surface area contributed by atoms with Gasteiger partial charge in [0.05, 0.1) is 0 Å². The Labute approximate surface area is 121 Å². The molecule has 3 saturated heterocycles. The second-order valence-electron chi connectivity index (χ2n) is 5.34. The van der Waals surface area contributed by atoms with Crippen molar-refractivity contribution in [3.63, 3.8) is 0 Å². The van der Waals surface area contributed by atoms with E-state index in [9.17, 15) is 18.0 Å². The van der Waals surface area contributed by atoms with E-state index in [0.717, 1.165) is 6.08 Å². The number of hydrogen-bond acceptors (Lipinski definition) is 8. The lowest BCUT2D eigenvalue weighted by molar-refractivity contribution is -0.171. The third-order valence-corrected chi connectivity index (χ3v) is 5.91. The SMILES string of the molecule is C=CC(=O)OCC(=O)OC1(C)C2CC3OS(=O)(=O)C1C3O2. The summed E-state index contributed by atoms with van der Waals surface area (Å²) >= 11 is 0. The molecular formula is C12H14O8S. The molecule has 3 aliphatic rings. The summed E-state index contributed by atoms with van der Waals surface area (Å²) < 4.78 is 44.4. The second kappa shape index (κ2) is 4.52. The summed E-state index contributed by atoms with van der Waals surface area (Å²) in [6.45, 7) is 4.08. The molecule has 5 unspecified atom stereocenters. The Kier molecular flexibility index (Phi) is 3.12. The fourth-order valence-electron chi connectivity index (χ4n) is 3.19. The Hall–Kier alpha value is -1.45. The zero-order valence-electron chi connectivity index (χ0n) is 11.2. The quantitative estimate of drug-likeness (QED) is 0.380. The molecule has 0 aromatic rings. The van der Waals surface area contributed by atoms with Crippen molar-refractivity contribution in [3.8, 4) is 0 Å². The largest absolute Gasteiger partial charge is 0.452 e. The predicted molar refractivity (Wildman–Crippen MR) is 66.5 cm³/mol. The van der Waals surface area contributed by atoms with E-state index in [1.165, 1.54) is 6.92 Å². The highest BCUT2D eigenvalue weighted by molar-refractivity contribution is 7.87. The van der Waals surface area contributed by atoms with E-state index in [-0.39, 0.29) is 0 Å². The third kappa shape index (κ3) is 2.07. The van der Waals surface area contributed by atoms with E-state index < -0.39 is 57.8 Å². The van der Waals surface area contributed by atoms with E-state index in [4.69, 9.17) is 13.7 Å². The maximum absolute atomic E-state index is 12.0. The number of esters is 2. The van der Waals surface area contributed by atoms with Crippen LogP contribution in [0.3, 0.4) is 0 Å². The van der Waals surface area contributed by atoms with Gasteiger partial charge in [-0.15, -0.1) is 0 Å². The molecule has 5 atom stereocenters. The Morgan fingerprint density at radius 2 is 2.19 bits per heavy atom. The van der Waals surface area contributed by atoms with Crippen LogP contribution in [0.5, 0.6) is 0 Å². The maximum Gasteiger partial charge on any atom is 0.344 e. The van der Waals surface area contributed by atoms with Gasteiger partial charge in [-0.05, 0) is 6.92 Å². The molecule has 3 rings (SSSR count). The first-order valence-electron chi connectivity index (χ1n) is 6.36. The van der Waals surface area contributed by atoms with Crippen molar-refractivity contribution in [3.05, 3.63) is 12.7 Å². The van der Waals surface area contributed by atoms with Gasteiger partial charge in [0.1, 0.15) is 18.3 Å². The molecule has 0 aromatic carbocycles. The van der Waals surface area contributed by atoms with Crippen LogP contribution in [0, 0.1) is 0 Å². The average Bonchev–Trinajstić information content (AvgIpc) is 2.95. The van der Waals surface area contributed by atoms with Crippen LogP contribution in [0.15, 0.2) is 12.7 Å². The molecule has 3 aliphatic heterocycles. The zero-order chi connectivity index (χ0) is 15.4. The molecule has 21 heavy (non-hydrogen) atoms. The van der Waals surface area contributed by atoms with Gasteiger partial charge in [0.15, 0.2) is 17.5 Å². The summed E-state index contributed by atoms with van der Waals surface area (Å²) in [4.78, 5) is 22.7. The summed E-state index contributed by atoms with van der Waals surface area (Å²) in [7, 11) is -3.85. The van der Waals surface area contributed by atoms with Gasteiger partial charge in [-0.25, -0.2) is 9.59 Å². The van der Waals surface area contributed by atoms with Crippen molar-refractivity contribution < 1.29 is 36.4 Å². The van der Waals surface area contributed by atoms with Crippen molar-refractivity contribution in [1.29, 1.82) is 0 Å². The molecule has 0 spiro atoms. The number of rotatable bonds is 4. The fraction of sp³-hybridized carbons (Fsp3) is 0.667. The van der Waals surface area contributed by atoms with Crippen molar-refractivity contribution >= 4 is 22.1 Å². The first-order valence-corrected chi connectivity index (χ1v) is 7.83. The lowest BCUT2D eigenvalue weighted by Gasteiger charge is -2.33. The molecule has 8 nitrogen and oxygen atoms in total. The summed E-state index contributed by atoms with van der Waals surface area (Å²) in [5.74, 6) is -1.61. The standard InChI is InChI=1S/C12H14O8S/c1-3-8(13)17-5-9(14)19-12(2)7-4-6-10(18-7)11(12)21(15,16)20-6/h3,6-7,10-11H,1,4-5H2,2H3. The molecule has 2 bridgehead atoms. The van der Waals surface area contributed by atoms with Crippen LogP contribution in [0.2, 0.25) is 0 Å². The van der Waals surface area contributed by atoms with Crippen molar-refractivity contribution in [2.24, 2.45) is 0 Å². The molecule has 0 radical (unpaired) electrons. The van der Waals surface area contributed by atoms with Gasteiger partial charge in [-0.2, -0.15) is 8.42 Å². The van der Waals surface area contributed by atoms with Gasteiger partial charge in [-0.1, -0.05) is 6.58 Å². The van der Waals surface area contributed by atoms with E-state index >= 15 is 0 Å². The first-order chi connectivity index (χ1) is 9.78.